The maximum absolute atomic E-state index is 12.4. The fourth-order valence-corrected chi connectivity index (χ4v) is 3.48. The summed E-state index contributed by atoms with van der Waals surface area (Å²) in [5.41, 5.74) is 1.23. The molecule has 6 heteroatoms. The summed E-state index contributed by atoms with van der Waals surface area (Å²) in [6.45, 7) is 0. The summed E-state index contributed by atoms with van der Waals surface area (Å²) in [6.07, 6.45) is 3.15. The van der Waals surface area contributed by atoms with E-state index in [1.54, 1.807) is 6.08 Å². The molecule has 0 amide bonds. The van der Waals surface area contributed by atoms with Gasteiger partial charge >= 0.3 is 0 Å². The van der Waals surface area contributed by atoms with Crippen LogP contribution in [0.1, 0.15) is 15.9 Å². The third-order valence-corrected chi connectivity index (χ3v) is 6.01. The summed E-state index contributed by atoms with van der Waals surface area (Å²) in [4.78, 5) is 12.6. The zero-order chi connectivity index (χ0) is 20.9. The number of nitrogens with zero attached hydrogens (tertiary/aromatic N) is 1. The maximum atomic E-state index is 12.4. The van der Waals surface area contributed by atoms with E-state index in [4.69, 9.17) is 4.74 Å². The van der Waals surface area contributed by atoms with Crippen LogP contribution in [-0.2, 0) is 10.0 Å². The highest BCUT2D eigenvalue weighted by Crippen LogP contribution is 2.22. The molecule has 0 fully saturated rings. The lowest BCUT2D eigenvalue weighted by Crippen LogP contribution is -2.22. The van der Waals surface area contributed by atoms with E-state index in [2.05, 4.69) is 0 Å². The normalized spacial score (nSPS) is 11.7. The van der Waals surface area contributed by atoms with Crippen molar-refractivity contribution in [1.82, 2.24) is 4.31 Å². The second kappa shape index (κ2) is 8.86. The summed E-state index contributed by atoms with van der Waals surface area (Å²) < 4.78 is 31.1. The van der Waals surface area contributed by atoms with Gasteiger partial charge in [-0.1, -0.05) is 36.4 Å². The van der Waals surface area contributed by atoms with Crippen LogP contribution in [0.4, 0.5) is 0 Å². The molecular weight excluding hydrogens is 386 g/mol. The Morgan fingerprint density at radius 2 is 1.52 bits per heavy atom. The highest BCUT2D eigenvalue weighted by molar-refractivity contribution is 7.89. The fourth-order valence-electron chi connectivity index (χ4n) is 2.58. The molecule has 0 heterocycles. The molecule has 0 saturated heterocycles. The second-order valence-electron chi connectivity index (χ2n) is 6.50. The molecule has 0 saturated carbocycles. The number of carbonyl (C=O) groups excluding carboxylic acids is 1. The number of hydrogen-bond donors (Lipinski definition) is 0. The maximum Gasteiger partial charge on any atom is 0.242 e. The number of rotatable bonds is 7. The van der Waals surface area contributed by atoms with Gasteiger partial charge in [-0.3, -0.25) is 4.79 Å². The van der Waals surface area contributed by atoms with Gasteiger partial charge in [0.15, 0.2) is 5.78 Å². The van der Waals surface area contributed by atoms with Crippen LogP contribution in [0.2, 0.25) is 0 Å². The molecule has 0 bridgehead atoms. The van der Waals surface area contributed by atoms with E-state index in [0.29, 0.717) is 11.3 Å². The van der Waals surface area contributed by atoms with Gasteiger partial charge in [0.25, 0.3) is 0 Å². The third kappa shape index (κ3) is 5.19. The van der Waals surface area contributed by atoms with E-state index in [1.165, 1.54) is 44.4 Å². The summed E-state index contributed by atoms with van der Waals surface area (Å²) >= 11 is 0. The van der Waals surface area contributed by atoms with Crippen molar-refractivity contribution < 1.29 is 17.9 Å². The molecule has 0 aliphatic heterocycles. The zero-order valence-corrected chi connectivity index (χ0v) is 17.0. The first kappa shape index (κ1) is 20.5. The first-order valence-electron chi connectivity index (χ1n) is 8.94. The Morgan fingerprint density at radius 1 is 0.862 bits per heavy atom. The molecule has 29 heavy (non-hydrogen) atoms. The smallest absolute Gasteiger partial charge is 0.242 e. The topological polar surface area (TPSA) is 63.7 Å². The molecule has 148 valence electrons. The van der Waals surface area contributed by atoms with Gasteiger partial charge in [0.1, 0.15) is 11.5 Å². The molecule has 0 atom stereocenters. The molecular formula is C23H21NO4S. The number of hydrogen-bond acceptors (Lipinski definition) is 4. The van der Waals surface area contributed by atoms with E-state index < -0.39 is 10.0 Å². The minimum absolute atomic E-state index is 0.147. The third-order valence-electron chi connectivity index (χ3n) is 4.18. The number of para-hydroxylation sites is 1. The van der Waals surface area contributed by atoms with E-state index in [9.17, 15) is 13.2 Å². The lowest BCUT2D eigenvalue weighted by molar-refractivity contribution is 0.104. The molecule has 0 aliphatic carbocycles. The van der Waals surface area contributed by atoms with Crippen LogP contribution in [0.5, 0.6) is 11.5 Å². The van der Waals surface area contributed by atoms with Crippen LogP contribution in [-0.4, -0.2) is 32.6 Å². The number of ketones is 1. The van der Waals surface area contributed by atoms with Crippen molar-refractivity contribution in [3.05, 3.63) is 96.1 Å². The average Bonchev–Trinajstić information content (AvgIpc) is 2.73. The Morgan fingerprint density at radius 3 is 2.17 bits per heavy atom. The lowest BCUT2D eigenvalue weighted by Gasteiger charge is -2.11. The van der Waals surface area contributed by atoms with Crippen LogP contribution in [0.3, 0.4) is 0 Å². The standard InChI is InChI=1S/C23H21NO4S/c1-24(2)29(26,27)22-14-12-19(13-15-22)23(25)16-11-18-7-6-10-21(17-18)28-20-8-4-3-5-9-20/h3-17H,1-2H3/b16-11+. The van der Waals surface area contributed by atoms with Crippen LogP contribution in [0, 0.1) is 0 Å². The van der Waals surface area contributed by atoms with Crippen molar-refractivity contribution >= 4 is 21.9 Å². The van der Waals surface area contributed by atoms with Crippen molar-refractivity contribution in [1.29, 1.82) is 0 Å². The van der Waals surface area contributed by atoms with E-state index in [0.717, 1.165) is 15.6 Å². The predicted molar refractivity (Wildman–Crippen MR) is 114 cm³/mol. The molecule has 3 aromatic rings. The van der Waals surface area contributed by atoms with E-state index >= 15 is 0 Å². The molecule has 3 aromatic carbocycles. The molecule has 0 unspecified atom stereocenters. The Bertz CT molecular complexity index is 1120. The number of carbonyl (C=O) groups is 1. The van der Waals surface area contributed by atoms with Crippen molar-refractivity contribution in [3.8, 4) is 11.5 Å². The summed E-state index contributed by atoms with van der Waals surface area (Å²) in [5, 5.41) is 0. The van der Waals surface area contributed by atoms with Gasteiger partial charge in [0.05, 0.1) is 4.90 Å². The van der Waals surface area contributed by atoms with Crippen LogP contribution in [0.15, 0.2) is 89.8 Å². The Balaban J connectivity index is 1.71. The average molecular weight is 407 g/mol. The number of benzene rings is 3. The van der Waals surface area contributed by atoms with Gasteiger partial charge in [-0.15, -0.1) is 0 Å². The first-order chi connectivity index (χ1) is 13.9. The largest absolute Gasteiger partial charge is 0.457 e. The van der Waals surface area contributed by atoms with Gasteiger partial charge in [-0.2, -0.15) is 0 Å². The SMILES string of the molecule is CN(C)S(=O)(=O)c1ccc(C(=O)/C=C/c2cccc(Oc3ccccc3)c2)cc1. The first-order valence-corrected chi connectivity index (χ1v) is 10.4. The van der Waals surface area contributed by atoms with Crippen molar-refractivity contribution in [2.75, 3.05) is 14.1 Å². The lowest BCUT2D eigenvalue weighted by atomic mass is 10.1. The molecule has 0 aliphatic rings. The van der Waals surface area contributed by atoms with Crippen LogP contribution in [0.25, 0.3) is 6.08 Å². The molecule has 0 radical (unpaired) electrons. The van der Waals surface area contributed by atoms with Gasteiger partial charge in [-0.25, -0.2) is 12.7 Å². The van der Waals surface area contributed by atoms with Gasteiger partial charge in [0.2, 0.25) is 10.0 Å². The predicted octanol–water partition coefficient (Wildman–Crippen LogP) is 4.63. The quantitative estimate of drug-likeness (QED) is 0.423. The highest BCUT2D eigenvalue weighted by atomic mass is 32.2. The van der Waals surface area contributed by atoms with Crippen molar-refractivity contribution in [2.24, 2.45) is 0 Å². The number of ether oxygens (including phenoxy) is 1. The van der Waals surface area contributed by atoms with E-state index in [-0.39, 0.29) is 10.7 Å². The molecule has 0 N–H and O–H groups in total. The highest BCUT2D eigenvalue weighted by Gasteiger charge is 2.17. The molecule has 3 rings (SSSR count). The fraction of sp³-hybridized carbons (Fsp3) is 0.0870. The summed E-state index contributed by atoms with van der Waals surface area (Å²) in [7, 11) is -0.585. The van der Waals surface area contributed by atoms with Gasteiger partial charge in [-0.05, 0) is 60.2 Å². The zero-order valence-electron chi connectivity index (χ0n) is 16.1. The molecule has 0 aromatic heterocycles. The van der Waals surface area contributed by atoms with Crippen molar-refractivity contribution in [3.63, 3.8) is 0 Å². The van der Waals surface area contributed by atoms with Gasteiger partial charge < -0.3 is 4.74 Å². The monoisotopic (exact) mass is 407 g/mol. The Kier molecular flexibility index (Phi) is 6.26. The number of allylic oxidation sites excluding steroid dienone is 1. The summed E-state index contributed by atoms with van der Waals surface area (Å²) in [6, 6.07) is 22.7. The summed E-state index contributed by atoms with van der Waals surface area (Å²) in [5.74, 6) is 1.19. The minimum atomic E-state index is -3.52. The second-order valence-corrected chi connectivity index (χ2v) is 8.65. The van der Waals surface area contributed by atoms with Crippen molar-refractivity contribution in [2.45, 2.75) is 4.90 Å². The van der Waals surface area contributed by atoms with Crippen LogP contribution < -0.4 is 4.74 Å². The Labute approximate surface area is 170 Å². The van der Waals surface area contributed by atoms with E-state index in [1.807, 2.05) is 54.6 Å². The Hall–Kier alpha value is -3.22. The minimum Gasteiger partial charge on any atom is -0.457 e. The molecule has 0 spiro atoms. The number of sulfonamides is 1. The van der Waals surface area contributed by atoms with Crippen LogP contribution >= 0.6 is 0 Å². The molecule has 5 nitrogen and oxygen atoms in total. The van der Waals surface area contributed by atoms with Gasteiger partial charge in [0, 0.05) is 19.7 Å².